The Labute approximate surface area is 113 Å². The maximum absolute atomic E-state index is 12.3. The van der Waals surface area contributed by atoms with Crippen molar-refractivity contribution < 1.29 is 19.4 Å². The molecule has 7 heteroatoms. The van der Waals surface area contributed by atoms with Crippen LogP contribution in [-0.4, -0.2) is 66.3 Å². The number of aliphatic carboxylic acids is 1. The van der Waals surface area contributed by atoms with Crippen molar-refractivity contribution in [2.24, 2.45) is 0 Å². The first-order valence-electron chi connectivity index (χ1n) is 6.07. The molecule has 0 aromatic rings. The van der Waals surface area contributed by atoms with Crippen LogP contribution in [0.1, 0.15) is 20.3 Å². The Kier molecular flexibility index (Phi) is 8.29. The highest BCUT2D eigenvalue weighted by atomic mass is 16.5. The molecule has 0 aromatic carbocycles. The molecule has 7 nitrogen and oxygen atoms in total. The molecule has 0 spiro atoms. The van der Waals surface area contributed by atoms with E-state index in [-0.39, 0.29) is 31.6 Å². The molecular weight excluding hydrogens is 250 g/mol. The summed E-state index contributed by atoms with van der Waals surface area (Å²) in [6.07, 6.45) is 0.203. The van der Waals surface area contributed by atoms with E-state index in [1.807, 2.05) is 6.07 Å². The zero-order valence-electron chi connectivity index (χ0n) is 11.6. The van der Waals surface area contributed by atoms with Crippen LogP contribution in [0.5, 0.6) is 0 Å². The van der Waals surface area contributed by atoms with Gasteiger partial charge in [0.15, 0.2) is 0 Å². The summed E-state index contributed by atoms with van der Waals surface area (Å²) in [6.45, 7) is 4.09. The van der Waals surface area contributed by atoms with Crippen molar-refractivity contribution in [2.75, 3.05) is 33.4 Å². The summed E-state index contributed by atoms with van der Waals surface area (Å²) in [5.74, 6) is -1.06. The maximum Gasteiger partial charge on any atom is 0.323 e. The molecule has 2 amide bonds. The monoisotopic (exact) mass is 271 g/mol. The van der Waals surface area contributed by atoms with Crippen LogP contribution < -0.4 is 0 Å². The number of amides is 2. The van der Waals surface area contributed by atoms with Crippen molar-refractivity contribution >= 4 is 12.0 Å². The molecule has 0 aliphatic carbocycles. The third-order valence-corrected chi connectivity index (χ3v) is 2.50. The minimum Gasteiger partial charge on any atom is -0.480 e. The first-order valence-corrected chi connectivity index (χ1v) is 6.07. The third-order valence-electron chi connectivity index (χ3n) is 2.50. The molecule has 108 valence electrons. The van der Waals surface area contributed by atoms with Gasteiger partial charge in [0.05, 0.1) is 19.1 Å². The van der Waals surface area contributed by atoms with Gasteiger partial charge in [0, 0.05) is 26.2 Å². The molecule has 0 saturated carbocycles. The van der Waals surface area contributed by atoms with Crippen LogP contribution in [0.25, 0.3) is 0 Å². The van der Waals surface area contributed by atoms with E-state index in [0.29, 0.717) is 13.2 Å². The second kappa shape index (κ2) is 9.16. The molecule has 0 heterocycles. The number of nitrogens with zero attached hydrogens (tertiary/aromatic N) is 3. The second-order valence-corrected chi connectivity index (χ2v) is 4.29. The van der Waals surface area contributed by atoms with Crippen molar-refractivity contribution in [3.63, 3.8) is 0 Å². The summed E-state index contributed by atoms with van der Waals surface area (Å²) in [6, 6.07) is 1.36. The number of hydrogen-bond donors (Lipinski definition) is 1. The van der Waals surface area contributed by atoms with Crippen LogP contribution in [0.3, 0.4) is 0 Å². The number of carbonyl (C=O) groups excluding carboxylic acids is 1. The highest BCUT2D eigenvalue weighted by Crippen LogP contribution is 2.05. The predicted octanol–water partition coefficient (Wildman–Crippen LogP) is 0.763. The van der Waals surface area contributed by atoms with Gasteiger partial charge in [0.2, 0.25) is 0 Å². The number of hydrogen-bond acceptors (Lipinski definition) is 4. The van der Waals surface area contributed by atoms with Gasteiger partial charge in [-0.25, -0.2) is 4.79 Å². The standard InChI is InChI=1S/C12H21N3O4/c1-10(2)15(9-11(16)17)12(18)14(6-4-5-13)7-8-19-3/h10H,4,6-9H2,1-3H3,(H,16,17). The smallest absolute Gasteiger partial charge is 0.323 e. The molecule has 0 atom stereocenters. The summed E-state index contributed by atoms with van der Waals surface area (Å²) >= 11 is 0. The zero-order chi connectivity index (χ0) is 14.8. The van der Waals surface area contributed by atoms with E-state index in [1.165, 1.54) is 16.9 Å². The lowest BCUT2D eigenvalue weighted by molar-refractivity contribution is -0.138. The van der Waals surface area contributed by atoms with Crippen molar-refractivity contribution in [3.8, 4) is 6.07 Å². The lowest BCUT2D eigenvalue weighted by Gasteiger charge is -2.31. The predicted molar refractivity (Wildman–Crippen MR) is 68.6 cm³/mol. The van der Waals surface area contributed by atoms with Gasteiger partial charge >= 0.3 is 12.0 Å². The summed E-state index contributed by atoms with van der Waals surface area (Å²) in [5, 5.41) is 17.4. The minimum absolute atomic E-state index is 0.203. The molecule has 19 heavy (non-hydrogen) atoms. The molecule has 0 radical (unpaired) electrons. The average molecular weight is 271 g/mol. The van der Waals surface area contributed by atoms with Crippen molar-refractivity contribution in [1.82, 2.24) is 9.80 Å². The minimum atomic E-state index is -1.06. The number of nitriles is 1. The molecule has 0 bridgehead atoms. The SMILES string of the molecule is COCCN(CCC#N)C(=O)N(CC(=O)O)C(C)C. The molecule has 1 N–H and O–H groups in total. The van der Waals surface area contributed by atoms with Crippen molar-refractivity contribution in [3.05, 3.63) is 0 Å². The molecular formula is C12H21N3O4. The van der Waals surface area contributed by atoms with E-state index in [0.717, 1.165) is 0 Å². The lowest BCUT2D eigenvalue weighted by atomic mass is 10.3. The number of methoxy groups -OCH3 is 1. The molecule has 0 fully saturated rings. The van der Waals surface area contributed by atoms with Crippen LogP contribution in [0.15, 0.2) is 0 Å². The van der Waals surface area contributed by atoms with Crippen LogP contribution in [-0.2, 0) is 9.53 Å². The number of urea groups is 1. The topological polar surface area (TPSA) is 93.9 Å². The molecule has 0 unspecified atom stereocenters. The highest BCUT2D eigenvalue weighted by Gasteiger charge is 2.24. The van der Waals surface area contributed by atoms with Crippen LogP contribution in [0, 0.1) is 11.3 Å². The fourth-order valence-corrected chi connectivity index (χ4v) is 1.49. The van der Waals surface area contributed by atoms with E-state index in [1.54, 1.807) is 13.8 Å². The summed E-state index contributed by atoms with van der Waals surface area (Å²) in [5.41, 5.74) is 0. The summed E-state index contributed by atoms with van der Waals surface area (Å²) in [4.78, 5) is 25.7. The maximum atomic E-state index is 12.3. The first kappa shape index (κ1) is 17.2. The Bertz CT molecular complexity index is 338. The fraction of sp³-hybridized carbons (Fsp3) is 0.750. The highest BCUT2D eigenvalue weighted by molar-refractivity contribution is 5.80. The van der Waals surface area contributed by atoms with E-state index in [2.05, 4.69) is 0 Å². The van der Waals surface area contributed by atoms with Crippen molar-refractivity contribution in [2.45, 2.75) is 26.3 Å². The molecule has 0 aliphatic heterocycles. The van der Waals surface area contributed by atoms with Crippen LogP contribution >= 0.6 is 0 Å². The summed E-state index contributed by atoms with van der Waals surface area (Å²) in [7, 11) is 1.52. The van der Waals surface area contributed by atoms with Crippen LogP contribution in [0.2, 0.25) is 0 Å². The molecule has 0 aliphatic rings. The van der Waals surface area contributed by atoms with Gasteiger partial charge in [-0.15, -0.1) is 0 Å². The second-order valence-electron chi connectivity index (χ2n) is 4.29. The summed E-state index contributed by atoms with van der Waals surface area (Å²) < 4.78 is 4.91. The first-order chi connectivity index (χ1) is 8.93. The van der Waals surface area contributed by atoms with Gasteiger partial charge in [-0.3, -0.25) is 4.79 Å². The fourth-order valence-electron chi connectivity index (χ4n) is 1.49. The quantitative estimate of drug-likeness (QED) is 0.703. The van der Waals surface area contributed by atoms with Crippen molar-refractivity contribution in [1.29, 1.82) is 5.26 Å². The molecule has 0 aromatic heterocycles. The van der Waals surface area contributed by atoms with E-state index in [9.17, 15) is 9.59 Å². The average Bonchev–Trinajstić information content (AvgIpc) is 2.35. The molecule has 0 rings (SSSR count). The van der Waals surface area contributed by atoms with Gasteiger partial charge in [-0.2, -0.15) is 5.26 Å². The number of carboxylic acids is 1. The van der Waals surface area contributed by atoms with Gasteiger partial charge < -0.3 is 19.6 Å². The Morgan fingerprint density at radius 1 is 1.37 bits per heavy atom. The Balaban J connectivity index is 4.79. The number of carboxylic acid groups (broad SMARTS) is 1. The number of carbonyl (C=O) groups is 2. The largest absolute Gasteiger partial charge is 0.480 e. The lowest BCUT2D eigenvalue weighted by Crippen LogP contribution is -2.49. The van der Waals surface area contributed by atoms with E-state index >= 15 is 0 Å². The van der Waals surface area contributed by atoms with Gasteiger partial charge in [-0.05, 0) is 13.8 Å². The zero-order valence-corrected chi connectivity index (χ0v) is 11.6. The Hall–Kier alpha value is -1.81. The number of ether oxygens (including phenoxy) is 1. The third kappa shape index (κ3) is 6.62. The van der Waals surface area contributed by atoms with Crippen LogP contribution in [0.4, 0.5) is 4.79 Å². The van der Waals surface area contributed by atoms with E-state index < -0.39 is 5.97 Å². The van der Waals surface area contributed by atoms with Gasteiger partial charge in [0.25, 0.3) is 0 Å². The molecule has 0 saturated heterocycles. The van der Waals surface area contributed by atoms with Gasteiger partial charge in [0.1, 0.15) is 6.54 Å². The number of rotatable bonds is 8. The van der Waals surface area contributed by atoms with Gasteiger partial charge in [-0.1, -0.05) is 0 Å². The Morgan fingerprint density at radius 2 is 2.00 bits per heavy atom. The van der Waals surface area contributed by atoms with E-state index in [4.69, 9.17) is 15.1 Å². The normalized spacial score (nSPS) is 10.1. The Morgan fingerprint density at radius 3 is 2.42 bits per heavy atom.